The second kappa shape index (κ2) is 8.08. The van der Waals surface area contributed by atoms with Crippen LogP contribution < -0.4 is 11.1 Å². The lowest BCUT2D eigenvalue weighted by Gasteiger charge is -2.13. The Hall–Kier alpha value is -1.31. The fourth-order valence-corrected chi connectivity index (χ4v) is 2.04. The molecule has 1 fully saturated rings. The summed E-state index contributed by atoms with van der Waals surface area (Å²) in [5, 5.41) is 2.97. The predicted octanol–water partition coefficient (Wildman–Crippen LogP) is 1.96. The van der Waals surface area contributed by atoms with Gasteiger partial charge in [0.2, 0.25) is 5.91 Å². The van der Waals surface area contributed by atoms with E-state index in [4.69, 9.17) is 5.73 Å². The molecule has 0 bridgehead atoms. The molecule has 0 atom stereocenters. The number of likely N-dealkylation sites (tertiary alicyclic amines) is 1. The summed E-state index contributed by atoms with van der Waals surface area (Å²) in [5.74, 6) is 0.322. The van der Waals surface area contributed by atoms with Gasteiger partial charge in [0.05, 0.1) is 0 Å². The molecule has 1 aromatic rings. The molecule has 0 spiro atoms. The van der Waals surface area contributed by atoms with Crippen LogP contribution in [0.1, 0.15) is 18.4 Å². The number of hydrogen-bond donors (Lipinski definition) is 2. The van der Waals surface area contributed by atoms with Gasteiger partial charge in [-0.2, -0.15) is 0 Å². The average Bonchev–Trinajstić information content (AvgIpc) is 2.93. The first-order valence-corrected chi connectivity index (χ1v) is 6.56. The molecule has 1 aliphatic heterocycles. The molecular weight excluding hydrogens is 367 g/mol. The van der Waals surface area contributed by atoms with E-state index in [1.807, 2.05) is 36.1 Å². The van der Waals surface area contributed by atoms with Crippen molar-refractivity contribution in [2.45, 2.75) is 19.8 Å². The Morgan fingerprint density at radius 3 is 2.50 bits per heavy atom. The summed E-state index contributed by atoms with van der Waals surface area (Å²) in [4.78, 5) is 17.7. The third-order valence-electron chi connectivity index (χ3n) is 3.17. The third kappa shape index (κ3) is 4.99. The number of hydrogen-bond acceptors (Lipinski definition) is 2. The van der Waals surface area contributed by atoms with Gasteiger partial charge in [-0.25, -0.2) is 4.99 Å². The van der Waals surface area contributed by atoms with Gasteiger partial charge in [0.15, 0.2) is 5.96 Å². The van der Waals surface area contributed by atoms with Crippen LogP contribution in [-0.4, -0.2) is 36.4 Å². The van der Waals surface area contributed by atoms with E-state index in [-0.39, 0.29) is 42.4 Å². The summed E-state index contributed by atoms with van der Waals surface area (Å²) in [7, 11) is 0. The normalized spacial score (nSPS) is 14.8. The van der Waals surface area contributed by atoms with Crippen molar-refractivity contribution in [3.63, 3.8) is 0 Å². The molecule has 20 heavy (non-hydrogen) atoms. The highest BCUT2D eigenvalue weighted by Crippen LogP contribution is 2.09. The molecule has 5 nitrogen and oxygen atoms in total. The maximum Gasteiger partial charge on any atom is 0.244 e. The lowest BCUT2D eigenvalue weighted by molar-refractivity contribution is -0.128. The number of nitrogens with zero attached hydrogens (tertiary/aromatic N) is 2. The van der Waals surface area contributed by atoms with Gasteiger partial charge in [-0.1, -0.05) is 17.7 Å². The van der Waals surface area contributed by atoms with Crippen molar-refractivity contribution in [1.82, 2.24) is 4.90 Å². The largest absolute Gasteiger partial charge is 0.370 e. The van der Waals surface area contributed by atoms with Crippen molar-refractivity contribution < 1.29 is 4.79 Å². The minimum absolute atomic E-state index is 0. The highest BCUT2D eigenvalue weighted by Gasteiger charge is 2.16. The van der Waals surface area contributed by atoms with Crippen LogP contribution in [0.4, 0.5) is 5.69 Å². The van der Waals surface area contributed by atoms with Gasteiger partial charge in [-0.15, -0.1) is 24.0 Å². The van der Waals surface area contributed by atoms with Crippen molar-refractivity contribution in [1.29, 1.82) is 0 Å². The number of rotatable bonds is 3. The minimum Gasteiger partial charge on any atom is -0.370 e. The standard InChI is InChI=1S/C14H20N4O.HI/c1-11-4-6-12(7-5-11)17-14(15)16-10-13(19)18-8-2-3-9-18;/h4-7H,2-3,8-10H2,1H3,(H3,15,16,17);1H. The second-order valence-electron chi connectivity index (χ2n) is 4.78. The van der Waals surface area contributed by atoms with Gasteiger partial charge < -0.3 is 16.0 Å². The van der Waals surface area contributed by atoms with E-state index < -0.39 is 0 Å². The maximum absolute atomic E-state index is 11.8. The Morgan fingerprint density at radius 2 is 1.90 bits per heavy atom. The lowest BCUT2D eigenvalue weighted by Crippen LogP contribution is -2.31. The second-order valence-corrected chi connectivity index (χ2v) is 4.78. The molecule has 6 heteroatoms. The summed E-state index contributed by atoms with van der Waals surface area (Å²) in [6, 6.07) is 7.84. The number of carbonyl (C=O) groups is 1. The summed E-state index contributed by atoms with van der Waals surface area (Å²) < 4.78 is 0. The van der Waals surface area contributed by atoms with Crippen molar-refractivity contribution in [3.05, 3.63) is 29.8 Å². The molecule has 1 saturated heterocycles. The molecule has 1 aliphatic rings. The molecule has 1 heterocycles. The smallest absolute Gasteiger partial charge is 0.244 e. The number of guanidine groups is 1. The first-order chi connectivity index (χ1) is 9.15. The Balaban J connectivity index is 0.00000200. The molecular formula is C14H21IN4O. The van der Waals surface area contributed by atoms with Gasteiger partial charge >= 0.3 is 0 Å². The molecule has 110 valence electrons. The predicted molar refractivity (Wildman–Crippen MR) is 92.5 cm³/mol. The number of benzene rings is 1. The maximum atomic E-state index is 11.8. The third-order valence-corrected chi connectivity index (χ3v) is 3.17. The highest BCUT2D eigenvalue weighted by atomic mass is 127. The first kappa shape index (κ1) is 16.7. The van der Waals surface area contributed by atoms with Crippen LogP contribution >= 0.6 is 24.0 Å². The van der Waals surface area contributed by atoms with Crippen molar-refractivity contribution in [3.8, 4) is 0 Å². The molecule has 1 amide bonds. The molecule has 3 N–H and O–H groups in total. The number of nitrogens with one attached hydrogen (secondary N) is 1. The Bertz CT molecular complexity index is 467. The molecule has 1 aromatic carbocycles. The zero-order valence-corrected chi connectivity index (χ0v) is 14.0. The lowest BCUT2D eigenvalue weighted by atomic mass is 10.2. The van der Waals surface area contributed by atoms with Gasteiger partial charge in [0.1, 0.15) is 6.54 Å². The molecule has 0 aliphatic carbocycles. The van der Waals surface area contributed by atoms with E-state index in [1.165, 1.54) is 5.56 Å². The molecule has 0 saturated carbocycles. The number of aryl methyl sites for hydroxylation is 1. The van der Waals surface area contributed by atoms with Gasteiger partial charge in [0, 0.05) is 18.8 Å². The zero-order chi connectivity index (χ0) is 13.7. The Kier molecular flexibility index (Phi) is 6.77. The van der Waals surface area contributed by atoms with E-state index in [2.05, 4.69) is 10.3 Å². The van der Waals surface area contributed by atoms with Crippen molar-refractivity contribution in [2.75, 3.05) is 25.0 Å². The average molecular weight is 388 g/mol. The fourth-order valence-electron chi connectivity index (χ4n) is 2.04. The number of anilines is 1. The van der Waals surface area contributed by atoms with Crippen molar-refractivity contribution >= 4 is 41.5 Å². The SMILES string of the molecule is Cc1ccc(NC(N)=NCC(=O)N2CCCC2)cc1.I. The van der Waals surface area contributed by atoms with E-state index in [1.54, 1.807) is 0 Å². The fraction of sp³-hybridized carbons (Fsp3) is 0.429. The number of carbonyl (C=O) groups excluding carboxylic acids is 1. The van der Waals surface area contributed by atoms with Gasteiger partial charge in [-0.05, 0) is 31.9 Å². The van der Waals surface area contributed by atoms with E-state index >= 15 is 0 Å². The summed E-state index contributed by atoms with van der Waals surface area (Å²) >= 11 is 0. The molecule has 0 aromatic heterocycles. The minimum atomic E-state index is 0. The van der Waals surface area contributed by atoms with Gasteiger partial charge in [0.25, 0.3) is 0 Å². The number of halogens is 1. The Morgan fingerprint density at radius 1 is 1.30 bits per heavy atom. The van der Waals surface area contributed by atoms with Crippen LogP contribution in [0.2, 0.25) is 0 Å². The number of nitrogens with two attached hydrogens (primary N) is 1. The van der Waals surface area contributed by atoms with Crippen LogP contribution in [-0.2, 0) is 4.79 Å². The van der Waals surface area contributed by atoms with Crippen molar-refractivity contribution in [2.24, 2.45) is 10.7 Å². The first-order valence-electron chi connectivity index (χ1n) is 6.56. The van der Waals surface area contributed by atoms with E-state index in [9.17, 15) is 4.79 Å². The quantitative estimate of drug-likeness (QED) is 0.473. The molecule has 2 rings (SSSR count). The van der Waals surface area contributed by atoms with Crippen LogP contribution in [0.3, 0.4) is 0 Å². The van der Waals surface area contributed by atoms with Crippen LogP contribution in [0.15, 0.2) is 29.3 Å². The van der Waals surface area contributed by atoms with Gasteiger partial charge in [-0.3, -0.25) is 4.79 Å². The monoisotopic (exact) mass is 388 g/mol. The highest BCUT2D eigenvalue weighted by molar-refractivity contribution is 14.0. The molecule has 0 unspecified atom stereocenters. The summed E-state index contributed by atoms with van der Waals surface area (Å²) in [6.45, 7) is 3.83. The topological polar surface area (TPSA) is 70.7 Å². The van der Waals surface area contributed by atoms with Crippen LogP contribution in [0.5, 0.6) is 0 Å². The van der Waals surface area contributed by atoms with Crippen LogP contribution in [0, 0.1) is 6.92 Å². The number of aliphatic imine (C=N–C) groups is 1. The Labute approximate surface area is 136 Å². The summed E-state index contributed by atoms with van der Waals surface area (Å²) in [5.41, 5.74) is 7.82. The zero-order valence-electron chi connectivity index (χ0n) is 11.6. The number of amides is 1. The molecule has 0 radical (unpaired) electrons. The van der Waals surface area contributed by atoms with Crippen LogP contribution in [0.25, 0.3) is 0 Å². The van der Waals surface area contributed by atoms with E-state index in [0.29, 0.717) is 0 Å². The summed E-state index contributed by atoms with van der Waals surface area (Å²) in [6.07, 6.45) is 2.18. The van der Waals surface area contributed by atoms with E-state index in [0.717, 1.165) is 31.6 Å².